The Morgan fingerprint density at radius 3 is 2.81 bits per heavy atom. The quantitative estimate of drug-likeness (QED) is 0.804. The Morgan fingerprint density at radius 2 is 2.06 bits per heavy atom. The molecule has 16 heavy (non-hydrogen) atoms. The first kappa shape index (κ1) is 10.1. The molecule has 3 nitrogen and oxygen atoms in total. The predicted molar refractivity (Wildman–Crippen MR) is 63.1 cm³/mol. The van der Waals surface area contributed by atoms with E-state index in [1.807, 2.05) is 0 Å². The molecule has 0 amide bonds. The predicted octanol–water partition coefficient (Wildman–Crippen LogP) is 3.33. The van der Waals surface area contributed by atoms with Gasteiger partial charge in [-0.2, -0.15) is 0 Å². The maximum Gasteiger partial charge on any atom is 0.179 e. The van der Waals surface area contributed by atoms with E-state index in [-0.39, 0.29) is 5.82 Å². The largest absolute Gasteiger partial charge is 0.354 e. The second-order valence-corrected chi connectivity index (χ2v) is 4.82. The monoisotopic (exact) mass is 284 g/mol. The molecule has 2 heterocycles. The van der Waals surface area contributed by atoms with Gasteiger partial charge in [0.2, 0.25) is 0 Å². The number of halogens is 2. The van der Waals surface area contributed by atoms with Crippen LogP contribution in [-0.2, 0) is 0 Å². The zero-order chi connectivity index (χ0) is 11.1. The molecule has 0 atom stereocenters. The van der Waals surface area contributed by atoms with E-state index in [9.17, 15) is 4.39 Å². The van der Waals surface area contributed by atoms with E-state index >= 15 is 0 Å². The summed E-state index contributed by atoms with van der Waals surface area (Å²) >= 11 is 3.18. The zero-order valence-corrected chi connectivity index (χ0v) is 10.1. The van der Waals surface area contributed by atoms with Gasteiger partial charge in [0.05, 0.1) is 9.86 Å². The second-order valence-electron chi connectivity index (χ2n) is 3.96. The zero-order valence-electron chi connectivity index (χ0n) is 8.54. The second kappa shape index (κ2) is 3.73. The molecule has 0 bridgehead atoms. The molecule has 1 aromatic carbocycles. The number of anilines is 1. The summed E-state index contributed by atoms with van der Waals surface area (Å²) in [7, 11) is 0. The van der Waals surface area contributed by atoms with Crippen LogP contribution in [0.25, 0.3) is 11.0 Å². The normalized spacial score (nSPS) is 16.2. The first-order valence-corrected chi connectivity index (χ1v) is 6.04. The number of nitrogens with zero attached hydrogens (tertiary/aromatic N) is 2. The Bertz CT molecular complexity index is 534. The van der Waals surface area contributed by atoms with Crippen molar-refractivity contribution in [3.63, 3.8) is 0 Å². The summed E-state index contributed by atoms with van der Waals surface area (Å²) in [5, 5.41) is 4.89. The van der Waals surface area contributed by atoms with E-state index in [1.165, 1.54) is 18.9 Å². The summed E-state index contributed by atoms with van der Waals surface area (Å²) in [6.07, 6.45) is 2.35. The SMILES string of the molecule is Fc1cc2onc(N3CCCC3)c2cc1Br. The molecule has 0 radical (unpaired) electrons. The average molecular weight is 285 g/mol. The van der Waals surface area contributed by atoms with Crippen LogP contribution in [0.5, 0.6) is 0 Å². The lowest BCUT2D eigenvalue weighted by atomic mass is 10.2. The topological polar surface area (TPSA) is 29.3 Å². The fraction of sp³-hybridized carbons (Fsp3) is 0.364. The highest BCUT2D eigenvalue weighted by molar-refractivity contribution is 9.10. The molecule has 0 N–H and O–H groups in total. The third-order valence-corrected chi connectivity index (χ3v) is 3.51. The van der Waals surface area contributed by atoms with Gasteiger partial charge in [0.1, 0.15) is 5.82 Å². The number of hydrogen-bond donors (Lipinski definition) is 0. The Labute approximate surface area is 100 Å². The molecule has 2 aromatic rings. The maximum atomic E-state index is 13.3. The van der Waals surface area contributed by atoms with Crippen LogP contribution in [0.3, 0.4) is 0 Å². The van der Waals surface area contributed by atoms with Crippen LogP contribution in [0.4, 0.5) is 10.2 Å². The lowest BCUT2D eigenvalue weighted by molar-refractivity contribution is 0.454. The molecule has 0 aliphatic carbocycles. The van der Waals surface area contributed by atoms with Crippen LogP contribution >= 0.6 is 15.9 Å². The van der Waals surface area contributed by atoms with Crippen LogP contribution in [0.2, 0.25) is 0 Å². The van der Waals surface area contributed by atoms with Crippen molar-refractivity contribution in [1.82, 2.24) is 5.16 Å². The number of hydrogen-bond acceptors (Lipinski definition) is 3. The van der Waals surface area contributed by atoms with Crippen molar-refractivity contribution in [2.24, 2.45) is 0 Å². The molecular formula is C11H10BrFN2O. The summed E-state index contributed by atoms with van der Waals surface area (Å²) in [5.74, 6) is 0.504. The molecule has 0 spiro atoms. The molecule has 0 saturated carbocycles. The van der Waals surface area contributed by atoms with E-state index in [0.29, 0.717) is 10.1 Å². The van der Waals surface area contributed by atoms with Gasteiger partial charge in [0.25, 0.3) is 0 Å². The van der Waals surface area contributed by atoms with Gasteiger partial charge in [-0.1, -0.05) is 5.16 Å². The average Bonchev–Trinajstić information content (AvgIpc) is 2.87. The van der Waals surface area contributed by atoms with Crippen molar-refractivity contribution in [2.75, 3.05) is 18.0 Å². The van der Waals surface area contributed by atoms with Crippen LogP contribution in [0.15, 0.2) is 21.1 Å². The first-order valence-electron chi connectivity index (χ1n) is 5.25. The molecule has 1 aliphatic rings. The van der Waals surface area contributed by atoms with Crippen molar-refractivity contribution >= 4 is 32.7 Å². The molecule has 1 fully saturated rings. The molecule has 5 heteroatoms. The van der Waals surface area contributed by atoms with E-state index in [1.54, 1.807) is 6.07 Å². The van der Waals surface area contributed by atoms with Gasteiger partial charge >= 0.3 is 0 Å². The van der Waals surface area contributed by atoms with Crippen molar-refractivity contribution in [3.05, 3.63) is 22.4 Å². The highest BCUT2D eigenvalue weighted by Gasteiger charge is 2.20. The highest BCUT2D eigenvalue weighted by Crippen LogP contribution is 2.32. The molecular weight excluding hydrogens is 275 g/mol. The third kappa shape index (κ3) is 1.50. The molecule has 1 aromatic heterocycles. The Kier molecular flexibility index (Phi) is 2.35. The molecule has 1 saturated heterocycles. The Hall–Kier alpha value is -1.10. The van der Waals surface area contributed by atoms with Crippen molar-refractivity contribution < 1.29 is 8.91 Å². The Morgan fingerprint density at radius 1 is 1.31 bits per heavy atom. The lowest BCUT2D eigenvalue weighted by Gasteiger charge is -2.12. The van der Waals surface area contributed by atoms with Gasteiger partial charge in [-0.05, 0) is 34.8 Å². The minimum atomic E-state index is -0.323. The molecule has 84 valence electrons. The van der Waals surface area contributed by atoms with Crippen molar-refractivity contribution in [2.45, 2.75) is 12.8 Å². The number of benzene rings is 1. The van der Waals surface area contributed by atoms with E-state index in [0.717, 1.165) is 24.3 Å². The van der Waals surface area contributed by atoms with E-state index < -0.39 is 0 Å². The fourth-order valence-corrected chi connectivity index (χ4v) is 2.42. The third-order valence-electron chi connectivity index (χ3n) is 2.90. The van der Waals surface area contributed by atoms with Crippen molar-refractivity contribution in [3.8, 4) is 0 Å². The molecule has 1 aliphatic heterocycles. The van der Waals surface area contributed by atoms with Crippen molar-refractivity contribution in [1.29, 1.82) is 0 Å². The van der Waals surface area contributed by atoms with E-state index in [4.69, 9.17) is 4.52 Å². The van der Waals surface area contributed by atoms with Crippen LogP contribution in [0.1, 0.15) is 12.8 Å². The number of aromatic nitrogens is 1. The van der Waals surface area contributed by atoms with Crippen LogP contribution in [0, 0.1) is 5.82 Å². The van der Waals surface area contributed by atoms with Crippen LogP contribution in [-0.4, -0.2) is 18.2 Å². The summed E-state index contributed by atoms with van der Waals surface area (Å²) in [5.41, 5.74) is 0.502. The number of rotatable bonds is 1. The summed E-state index contributed by atoms with van der Waals surface area (Å²) in [4.78, 5) is 2.18. The number of fused-ring (bicyclic) bond motifs is 1. The molecule has 0 unspecified atom stereocenters. The minimum absolute atomic E-state index is 0.323. The Balaban J connectivity index is 2.15. The van der Waals surface area contributed by atoms with Gasteiger partial charge in [0.15, 0.2) is 11.4 Å². The smallest absolute Gasteiger partial charge is 0.179 e. The van der Waals surface area contributed by atoms with Gasteiger partial charge in [-0.3, -0.25) is 0 Å². The first-order chi connectivity index (χ1) is 7.75. The minimum Gasteiger partial charge on any atom is -0.354 e. The van der Waals surface area contributed by atoms with E-state index in [2.05, 4.69) is 26.0 Å². The summed E-state index contributed by atoms with van der Waals surface area (Å²) in [6.45, 7) is 1.99. The van der Waals surface area contributed by atoms with Gasteiger partial charge < -0.3 is 9.42 Å². The van der Waals surface area contributed by atoms with Gasteiger partial charge in [-0.25, -0.2) is 4.39 Å². The lowest BCUT2D eigenvalue weighted by Crippen LogP contribution is -2.17. The molecule has 3 rings (SSSR count). The standard InChI is InChI=1S/C11H10BrFN2O/c12-8-5-7-10(6-9(8)13)16-14-11(7)15-3-1-2-4-15/h5-6H,1-4H2. The summed E-state index contributed by atoms with van der Waals surface area (Å²) < 4.78 is 18.9. The van der Waals surface area contributed by atoms with Crippen LogP contribution < -0.4 is 4.90 Å². The highest BCUT2D eigenvalue weighted by atomic mass is 79.9. The maximum absolute atomic E-state index is 13.3. The van der Waals surface area contributed by atoms with Gasteiger partial charge in [-0.15, -0.1) is 0 Å². The fourth-order valence-electron chi connectivity index (χ4n) is 2.08. The van der Waals surface area contributed by atoms with Gasteiger partial charge in [0, 0.05) is 19.2 Å². The summed E-state index contributed by atoms with van der Waals surface area (Å²) in [6, 6.07) is 3.10.